The average molecular weight is 413 g/mol. The van der Waals surface area contributed by atoms with Gasteiger partial charge in [-0.1, -0.05) is 48.5 Å². The molecule has 2 unspecified atom stereocenters. The number of hydrogen-bond acceptors (Lipinski definition) is 3. The average Bonchev–Trinajstić information content (AvgIpc) is 2.80. The molecule has 0 saturated carbocycles. The monoisotopic (exact) mass is 412 g/mol. The number of piperidine rings is 2. The Morgan fingerprint density at radius 3 is 2.10 bits per heavy atom. The van der Waals surface area contributed by atoms with E-state index >= 15 is 0 Å². The molecule has 2 aliphatic heterocycles. The van der Waals surface area contributed by atoms with Gasteiger partial charge in [0.2, 0.25) is 15.9 Å². The summed E-state index contributed by atoms with van der Waals surface area (Å²) in [5, 5.41) is 0. The van der Waals surface area contributed by atoms with Crippen LogP contribution in [0.4, 0.5) is 0 Å². The van der Waals surface area contributed by atoms with E-state index in [1.54, 1.807) is 28.6 Å². The Morgan fingerprint density at radius 2 is 1.45 bits per heavy atom. The Bertz CT molecular complexity index is 925. The Hall–Kier alpha value is -2.18. The van der Waals surface area contributed by atoms with Crippen molar-refractivity contribution in [3.05, 3.63) is 66.2 Å². The predicted molar refractivity (Wildman–Crippen MR) is 113 cm³/mol. The number of carbonyl (C=O) groups is 1. The van der Waals surface area contributed by atoms with Crippen molar-refractivity contribution in [1.29, 1.82) is 0 Å². The molecule has 4 rings (SSSR count). The molecule has 0 aliphatic carbocycles. The molecule has 0 bridgehead atoms. The van der Waals surface area contributed by atoms with Gasteiger partial charge in [0.25, 0.3) is 0 Å². The van der Waals surface area contributed by atoms with Crippen LogP contribution in [0.1, 0.15) is 43.7 Å². The summed E-state index contributed by atoms with van der Waals surface area (Å²) >= 11 is 0. The van der Waals surface area contributed by atoms with Crippen molar-refractivity contribution >= 4 is 15.9 Å². The maximum Gasteiger partial charge on any atom is 0.243 e. The Morgan fingerprint density at radius 1 is 0.828 bits per heavy atom. The molecule has 2 heterocycles. The summed E-state index contributed by atoms with van der Waals surface area (Å²) in [4.78, 5) is 15.3. The summed E-state index contributed by atoms with van der Waals surface area (Å²) < 4.78 is 28.6. The SMILES string of the molecule is O=C(C1CCC(c2ccccc2)N(S(=O)(=O)c2ccccc2)C1)N1CCCCC1. The number of benzene rings is 2. The zero-order valence-corrected chi connectivity index (χ0v) is 17.4. The number of hydrogen-bond donors (Lipinski definition) is 0. The molecule has 0 aromatic heterocycles. The molecule has 0 radical (unpaired) electrons. The van der Waals surface area contributed by atoms with Gasteiger partial charge in [0.15, 0.2) is 0 Å². The van der Waals surface area contributed by atoms with Crippen molar-refractivity contribution in [3.63, 3.8) is 0 Å². The molecule has 2 aromatic rings. The summed E-state index contributed by atoms with van der Waals surface area (Å²) in [5.41, 5.74) is 0.982. The minimum Gasteiger partial charge on any atom is -0.342 e. The van der Waals surface area contributed by atoms with E-state index in [2.05, 4.69) is 0 Å². The van der Waals surface area contributed by atoms with Gasteiger partial charge >= 0.3 is 0 Å². The summed E-state index contributed by atoms with van der Waals surface area (Å²) in [6, 6.07) is 18.1. The maximum absolute atomic E-state index is 13.5. The smallest absolute Gasteiger partial charge is 0.243 e. The largest absolute Gasteiger partial charge is 0.342 e. The Kier molecular flexibility index (Phi) is 6.01. The van der Waals surface area contributed by atoms with E-state index < -0.39 is 10.0 Å². The molecule has 2 fully saturated rings. The Balaban J connectivity index is 1.64. The van der Waals surface area contributed by atoms with Crippen molar-refractivity contribution in [2.45, 2.75) is 43.0 Å². The van der Waals surface area contributed by atoms with Crippen molar-refractivity contribution in [2.24, 2.45) is 5.92 Å². The number of likely N-dealkylation sites (tertiary alicyclic amines) is 1. The van der Waals surface area contributed by atoms with Crippen LogP contribution in [0.25, 0.3) is 0 Å². The highest BCUT2D eigenvalue weighted by Crippen LogP contribution is 2.38. The van der Waals surface area contributed by atoms with Gasteiger partial charge in [0, 0.05) is 19.6 Å². The van der Waals surface area contributed by atoms with E-state index in [0.29, 0.717) is 6.42 Å². The lowest BCUT2D eigenvalue weighted by Crippen LogP contribution is -2.48. The third kappa shape index (κ3) is 4.23. The van der Waals surface area contributed by atoms with E-state index in [0.717, 1.165) is 37.9 Å². The summed E-state index contributed by atoms with van der Waals surface area (Å²) in [7, 11) is -3.69. The molecule has 2 atom stereocenters. The van der Waals surface area contributed by atoms with Crippen LogP contribution in [0.15, 0.2) is 65.6 Å². The number of nitrogens with zero attached hydrogens (tertiary/aromatic N) is 2. The van der Waals surface area contributed by atoms with E-state index in [1.807, 2.05) is 41.3 Å². The zero-order chi connectivity index (χ0) is 20.3. The van der Waals surface area contributed by atoms with Gasteiger partial charge in [-0.3, -0.25) is 4.79 Å². The van der Waals surface area contributed by atoms with Crippen LogP contribution in [0.5, 0.6) is 0 Å². The highest BCUT2D eigenvalue weighted by atomic mass is 32.2. The van der Waals surface area contributed by atoms with E-state index in [-0.39, 0.29) is 29.3 Å². The first-order chi connectivity index (χ1) is 14.1. The van der Waals surface area contributed by atoms with Crippen LogP contribution in [-0.4, -0.2) is 43.2 Å². The third-order valence-corrected chi connectivity index (χ3v) is 7.98. The lowest BCUT2D eigenvalue weighted by Gasteiger charge is -2.40. The topological polar surface area (TPSA) is 57.7 Å². The molecular formula is C23H28N2O3S. The van der Waals surface area contributed by atoms with Gasteiger partial charge in [-0.05, 0) is 49.8 Å². The van der Waals surface area contributed by atoms with Crippen LogP contribution >= 0.6 is 0 Å². The van der Waals surface area contributed by atoms with Crippen molar-refractivity contribution in [3.8, 4) is 0 Å². The molecule has 0 N–H and O–H groups in total. The van der Waals surface area contributed by atoms with Crippen molar-refractivity contribution in [2.75, 3.05) is 19.6 Å². The summed E-state index contributed by atoms with van der Waals surface area (Å²) in [6.07, 6.45) is 4.61. The molecular weight excluding hydrogens is 384 g/mol. The van der Waals surface area contributed by atoms with Crippen LogP contribution in [-0.2, 0) is 14.8 Å². The number of carbonyl (C=O) groups excluding carboxylic acids is 1. The van der Waals surface area contributed by atoms with Gasteiger partial charge in [-0.25, -0.2) is 8.42 Å². The zero-order valence-electron chi connectivity index (χ0n) is 16.6. The summed E-state index contributed by atoms with van der Waals surface area (Å²) in [5.74, 6) is -0.156. The minimum atomic E-state index is -3.69. The highest BCUT2D eigenvalue weighted by Gasteiger charge is 2.41. The molecule has 5 nitrogen and oxygen atoms in total. The predicted octanol–water partition coefficient (Wildman–Crippen LogP) is 3.84. The van der Waals surface area contributed by atoms with Gasteiger partial charge in [-0.15, -0.1) is 0 Å². The van der Waals surface area contributed by atoms with Gasteiger partial charge in [-0.2, -0.15) is 4.31 Å². The fraction of sp³-hybridized carbons (Fsp3) is 0.435. The standard InChI is InChI=1S/C23H28N2O3S/c26-23(24-16-8-3-9-17-24)20-14-15-22(19-10-4-1-5-11-19)25(18-20)29(27,28)21-12-6-2-7-13-21/h1-2,4-7,10-13,20,22H,3,8-9,14-18H2. The molecule has 154 valence electrons. The fourth-order valence-electron chi connectivity index (χ4n) is 4.51. The highest BCUT2D eigenvalue weighted by molar-refractivity contribution is 7.89. The van der Waals surface area contributed by atoms with Gasteiger partial charge in [0.1, 0.15) is 0 Å². The second-order valence-corrected chi connectivity index (χ2v) is 9.87. The third-order valence-electron chi connectivity index (χ3n) is 6.09. The molecule has 1 amide bonds. The van der Waals surface area contributed by atoms with Crippen LogP contribution in [0.2, 0.25) is 0 Å². The Labute approximate surface area is 173 Å². The van der Waals surface area contributed by atoms with Gasteiger partial charge in [0.05, 0.1) is 16.9 Å². The van der Waals surface area contributed by atoms with Crippen molar-refractivity contribution < 1.29 is 13.2 Å². The fourth-order valence-corrected chi connectivity index (χ4v) is 6.22. The van der Waals surface area contributed by atoms with Crippen LogP contribution < -0.4 is 0 Å². The second kappa shape index (κ2) is 8.67. The second-order valence-electron chi connectivity index (χ2n) is 7.97. The normalized spacial score (nSPS) is 23.7. The molecule has 6 heteroatoms. The summed E-state index contributed by atoms with van der Waals surface area (Å²) in [6.45, 7) is 1.83. The molecule has 2 aliphatic rings. The molecule has 29 heavy (non-hydrogen) atoms. The van der Waals surface area contributed by atoms with Crippen LogP contribution in [0, 0.1) is 5.92 Å². The number of sulfonamides is 1. The molecule has 2 saturated heterocycles. The van der Waals surface area contributed by atoms with Gasteiger partial charge < -0.3 is 4.90 Å². The first-order valence-electron chi connectivity index (χ1n) is 10.5. The lowest BCUT2D eigenvalue weighted by molar-refractivity contribution is -0.138. The van der Waals surface area contributed by atoms with Crippen molar-refractivity contribution in [1.82, 2.24) is 9.21 Å². The van der Waals surface area contributed by atoms with Crippen LogP contribution in [0.3, 0.4) is 0 Å². The maximum atomic E-state index is 13.5. The molecule has 2 aromatic carbocycles. The minimum absolute atomic E-state index is 0.115. The van der Waals surface area contributed by atoms with E-state index in [4.69, 9.17) is 0 Å². The number of amides is 1. The molecule has 0 spiro atoms. The quantitative estimate of drug-likeness (QED) is 0.767. The number of rotatable bonds is 4. The first-order valence-corrected chi connectivity index (χ1v) is 11.9. The van der Waals surface area contributed by atoms with E-state index in [1.165, 1.54) is 6.42 Å². The lowest BCUT2D eigenvalue weighted by atomic mass is 9.89. The first kappa shape index (κ1) is 20.1. The van der Waals surface area contributed by atoms with E-state index in [9.17, 15) is 13.2 Å².